The van der Waals surface area contributed by atoms with Crippen LogP contribution in [0.3, 0.4) is 0 Å². The summed E-state index contributed by atoms with van der Waals surface area (Å²) in [4.78, 5) is 5.23. The lowest BCUT2D eigenvalue weighted by molar-refractivity contribution is 0.831. The number of pyridine rings is 1. The molecule has 41 heavy (non-hydrogen) atoms. The van der Waals surface area contributed by atoms with Crippen LogP contribution in [0.5, 0.6) is 0 Å². The van der Waals surface area contributed by atoms with E-state index in [1.54, 1.807) is 0 Å². The first kappa shape index (κ1) is 28.4. The van der Waals surface area contributed by atoms with E-state index in [9.17, 15) is 0 Å². The van der Waals surface area contributed by atoms with Gasteiger partial charge < -0.3 is 10.6 Å². The molecule has 5 rings (SSSR count). The summed E-state index contributed by atoms with van der Waals surface area (Å²) in [6, 6.07) is 34.8. The maximum absolute atomic E-state index is 5.23. The minimum Gasteiger partial charge on any atom is -0.381 e. The van der Waals surface area contributed by atoms with Gasteiger partial charge in [0.25, 0.3) is 0 Å². The second-order valence-electron chi connectivity index (χ2n) is 11.9. The highest BCUT2D eigenvalue weighted by molar-refractivity contribution is 5.97. The van der Waals surface area contributed by atoms with E-state index in [0.717, 1.165) is 17.9 Å². The van der Waals surface area contributed by atoms with E-state index in [0.29, 0.717) is 24.3 Å². The van der Waals surface area contributed by atoms with Gasteiger partial charge in [-0.2, -0.15) is 0 Å². The zero-order chi connectivity index (χ0) is 28.9. The van der Waals surface area contributed by atoms with Crippen LogP contribution < -0.4 is 10.6 Å². The lowest BCUT2D eigenvalue weighted by Crippen LogP contribution is -2.09. The molecule has 0 aliphatic heterocycles. The SMILES string of the molecule is CC(C)c1ccccc1NCc1ccc2ccccc2c1-c1cccc(CNc2c(C(C)C)cccc2C(C)C)n1. The average molecular weight is 542 g/mol. The van der Waals surface area contributed by atoms with Crippen molar-refractivity contribution in [3.8, 4) is 11.3 Å². The first-order valence-corrected chi connectivity index (χ1v) is 15.0. The van der Waals surface area contributed by atoms with Crippen molar-refractivity contribution in [3.05, 3.63) is 125 Å². The molecule has 0 aliphatic carbocycles. The minimum atomic E-state index is 0.446. The van der Waals surface area contributed by atoms with Crippen molar-refractivity contribution in [1.82, 2.24) is 4.98 Å². The molecule has 5 aromatic rings. The number of nitrogens with one attached hydrogen (secondary N) is 2. The molecule has 2 N–H and O–H groups in total. The molecule has 0 radical (unpaired) electrons. The van der Waals surface area contributed by atoms with Crippen molar-refractivity contribution in [3.63, 3.8) is 0 Å². The molecule has 0 unspecified atom stereocenters. The number of hydrogen-bond donors (Lipinski definition) is 2. The average Bonchev–Trinajstić information content (AvgIpc) is 2.98. The van der Waals surface area contributed by atoms with Crippen molar-refractivity contribution in [2.45, 2.75) is 72.4 Å². The highest BCUT2D eigenvalue weighted by atomic mass is 14.9. The standard InChI is InChI=1S/C38H43N3/c1-25(2)31-15-9-10-19-35(31)39-23-29-22-21-28-13-7-8-16-34(28)37(29)36-20-11-14-30(41-36)24-40-38-32(26(3)4)17-12-18-33(38)27(5)6/h7-22,25-27,39-40H,23-24H2,1-6H3. The summed E-state index contributed by atoms with van der Waals surface area (Å²) in [6.45, 7) is 15.0. The van der Waals surface area contributed by atoms with E-state index in [1.165, 1.54) is 50.0 Å². The molecule has 0 saturated heterocycles. The lowest BCUT2D eigenvalue weighted by atomic mass is 9.92. The molecule has 210 valence electrons. The van der Waals surface area contributed by atoms with Crippen molar-refractivity contribution in [2.24, 2.45) is 0 Å². The maximum atomic E-state index is 5.23. The van der Waals surface area contributed by atoms with Gasteiger partial charge in [0.15, 0.2) is 0 Å². The molecule has 0 saturated carbocycles. The molecule has 3 nitrogen and oxygen atoms in total. The van der Waals surface area contributed by atoms with E-state index in [2.05, 4.69) is 149 Å². The van der Waals surface area contributed by atoms with Crippen LogP contribution in [0.2, 0.25) is 0 Å². The Balaban J connectivity index is 1.49. The Morgan fingerprint density at radius 3 is 1.93 bits per heavy atom. The second-order valence-corrected chi connectivity index (χ2v) is 11.9. The fourth-order valence-electron chi connectivity index (χ4n) is 5.77. The fraction of sp³-hybridized carbons (Fsp3) is 0.289. The Bertz CT molecular complexity index is 1600. The lowest BCUT2D eigenvalue weighted by Gasteiger charge is -2.21. The first-order valence-electron chi connectivity index (χ1n) is 15.0. The maximum Gasteiger partial charge on any atom is 0.0715 e. The van der Waals surface area contributed by atoms with Gasteiger partial charge in [0.05, 0.1) is 17.9 Å². The van der Waals surface area contributed by atoms with Crippen LogP contribution in [0.15, 0.2) is 97.1 Å². The first-order chi connectivity index (χ1) is 19.8. The number of anilines is 2. The van der Waals surface area contributed by atoms with Crippen molar-refractivity contribution in [1.29, 1.82) is 0 Å². The Hall–Kier alpha value is -4.11. The van der Waals surface area contributed by atoms with Gasteiger partial charge in [0.1, 0.15) is 0 Å². The Morgan fingerprint density at radius 1 is 0.561 bits per heavy atom. The Kier molecular flexibility index (Phi) is 8.73. The third kappa shape index (κ3) is 6.30. The van der Waals surface area contributed by atoms with Gasteiger partial charge in [-0.05, 0) is 69.0 Å². The van der Waals surface area contributed by atoms with Gasteiger partial charge in [-0.15, -0.1) is 0 Å². The molecule has 1 aromatic heterocycles. The van der Waals surface area contributed by atoms with E-state index < -0.39 is 0 Å². The number of hydrogen-bond acceptors (Lipinski definition) is 3. The highest BCUT2D eigenvalue weighted by Gasteiger charge is 2.16. The van der Waals surface area contributed by atoms with E-state index in [-0.39, 0.29) is 0 Å². The van der Waals surface area contributed by atoms with E-state index in [4.69, 9.17) is 4.98 Å². The number of benzene rings is 4. The van der Waals surface area contributed by atoms with Crippen LogP contribution >= 0.6 is 0 Å². The predicted octanol–water partition coefficient (Wildman–Crippen LogP) is 10.5. The summed E-state index contributed by atoms with van der Waals surface area (Å²) < 4.78 is 0. The van der Waals surface area contributed by atoms with Crippen LogP contribution in [0.25, 0.3) is 22.0 Å². The molecule has 0 fully saturated rings. The Labute approximate surface area is 246 Å². The molecule has 0 atom stereocenters. The van der Waals surface area contributed by atoms with Gasteiger partial charge >= 0.3 is 0 Å². The van der Waals surface area contributed by atoms with Crippen LogP contribution in [0.1, 0.15) is 87.2 Å². The molecule has 0 bridgehead atoms. The van der Waals surface area contributed by atoms with Gasteiger partial charge in [-0.3, -0.25) is 4.98 Å². The van der Waals surface area contributed by atoms with E-state index in [1.807, 2.05) is 0 Å². The van der Waals surface area contributed by atoms with Crippen molar-refractivity contribution in [2.75, 3.05) is 10.6 Å². The quantitative estimate of drug-likeness (QED) is 0.185. The van der Waals surface area contributed by atoms with Crippen molar-refractivity contribution < 1.29 is 0 Å². The predicted molar refractivity (Wildman–Crippen MR) is 177 cm³/mol. The third-order valence-electron chi connectivity index (χ3n) is 7.95. The number of nitrogens with zero attached hydrogens (tertiary/aromatic N) is 1. The van der Waals surface area contributed by atoms with Gasteiger partial charge in [-0.1, -0.05) is 120 Å². The Morgan fingerprint density at radius 2 is 1.20 bits per heavy atom. The van der Waals surface area contributed by atoms with E-state index >= 15 is 0 Å². The smallest absolute Gasteiger partial charge is 0.0715 e. The highest BCUT2D eigenvalue weighted by Crippen LogP contribution is 2.35. The van der Waals surface area contributed by atoms with Crippen LogP contribution in [0.4, 0.5) is 11.4 Å². The van der Waals surface area contributed by atoms with Crippen molar-refractivity contribution >= 4 is 22.1 Å². The summed E-state index contributed by atoms with van der Waals surface area (Å²) in [5, 5.41) is 9.98. The molecule has 4 aromatic carbocycles. The second kappa shape index (κ2) is 12.6. The van der Waals surface area contributed by atoms with Gasteiger partial charge in [0.2, 0.25) is 0 Å². The molecule has 0 amide bonds. The van der Waals surface area contributed by atoms with Crippen LogP contribution in [-0.4, -0.2) is 4.98 Å². The van der Waals surface area contributed by atoms with Crippen LogP contribution in [-0.2, 0) is 13.1 Å². The number of fused-ring (bicyclic) bond motifs is 1. The zero-order valence-electron chi connectivity index (χ0n) is 25.3. The third-order valence-corrected chi connectivity index (χ3v) is 7.95. The molecule has 0 aliphatic rings. The van der Waals surface area contributed by atoms with Crippen LogP contribution in [0, 0.1) is 0 Å². The number of rotatable bonds is 10. The number of para-hydroxylation sites is 2. The molecular formula is C38H43N3. The monoisotopic (exact) mass is 541 g/mol. The summed E-state index contributed by atoms with van der Waals surface area (Å²) in [5.41, 5.74) is 11.0. The summed E-state index contributed by atoms with van der Waals surface area (Å²) in [5.74, 6) is 1.35. The normalized spacial score (nSPS) is 11.5. The number of aromatic nitrogens is 1. The summed E-state index contributed by atoms with van der Waals surface area (Å²) in [7, 11) is 0. The molecule has 0 spiro atoms. The topological polar surface area (TPSA) is 37.0 Å². The zero-order valence-corrected chi connectivity index (χ0v) is 25.3. The van der Waals surface area contributed by atoms with Gasteiger partial charge in [0, 0.05) is 23.5 Å². The largest absolute Gasteiger partial charge is 0.381 e. The molecular weight excluding hydrogens is 498 g/mol. The summed E-state index contributed by atoms with van der Waals surface area (Å²) >= 11 is 0. The molecule has 1 heterocycles. The molecule has 3 heteroatoms. The summed E-state index contributed by atoms with van der Waals surface area (Å²) in [6.07, 6.45) is 0. The fourth-order valence-corrected chi connectivity index (χ4v) is 5.77. The van der Waals surface area contributed by atoms with Gasteiger partial charge in [-0.25, -0.2) is 0 Å². The minimum absolute atomic E-state index is 0.446.